The van der Waals surface area contributed by atoms with Gasteiger partial charge in [-0.3, -0.25) is 9.36 Å². The van der Waals surface area contributed by atoms with E-state index in [1.807, 2.05) is 55.5 Å². The molecule has 0 radical (unpaired) electrons. The van der Waals surface area contributed by atoms with Crippen molar-refractivity contribution in [1.82, 2.24) is 19.5 Å². The van der Waals surface area contributed by atoms with Crippen molar-refractivity contribution in [3.05, 3.63) is 72.3 Å². The van der Waals surface area contributed by atoms with Crippen LogP contribution in [0.3, 0.4) is 0 Å². The van der Waals surface area contributed by atoms with Crippen molar-refractivity contribution in [3.63, 3.8) is 0 Å². The van der Waals surface area contributed by atoms with Crippen molar-refractivity contribution < 1.29 is 24.9 Å². The zero-order valence-electron chi connectivity index (χ0n) is 19.4. The Kier molecular flexibility index (Phi) is 6.61. The molecule has 1 amide bonds. The van der Waals surface area contributed by atoms with Crippen LogP contribution in [0.25, 0.3) is 11.2 Å². The average molecular weight is 491 g/mol. The molecule has 2 aromatic carbocycles. The first-order valence-electron chi connectivity index (χ1n) is 11.5. The summed E-state index contributed by atoms with van der Waals surface area (Å²) in [6.07, 6.45) is -1.29. The van der Waals surface area contributed by atoms with E-state index in [1.165, 1.54) is 17.2 Å². The third-order valence-corrected chi connectivity index (χ3v) is 6.03. The minimum Gasteiger partial charge on any atom is -0.394 e. The fourth-order valence-electron chi connectivity index (χ4n) is 4.20. The summed E-state index contributed by atoms with van der Waals surface area (Å²) in [7, 11) is 0. The average Bonchev–Trinajstić information content (AvgIpc) is 3.41. The Morgan fingerprint density at radius 1 is 1.06 bits per heavy atom. The van der Waals surface area contributed by atoms with Crippen LogP contribution >= 0.6 is 0 Å². The first-order chi connectivity index (χ1) is 17.4. The van der Waals surface area contributed by atoms with Gasteiger partial charge in [0.05, 0.1) is 19.4 Å². The SMILES string of the molecule is Cc1cccc(NC(=O)Cc2ccc(Nc3ncnc4c3ncn4C3OC(CO)C(O)C3O)cc2)c1. The maximum atomic E-state index is 12.4. The minimum atomic E-state index is -1.25. The Hall–Kier alpha value is -3.90. The quantitative estimate of drug-likeness (QED) is 0.260. The number of anilines is 3. The van der Waals surface area contributed by atoms with Crippen LogP contribution < -0.4 is 10.6 Å². The summed E-state index contributed by atoms with van der Waals surface area (Å²) in [5.74, 6) is 0.338. The molecule has 2 aromatic heterocycles. The lowest BCUT2D eigenvalue weighted by atomic mass is 10.1. The Labute approximate surface area is 206 Å². The Morgan fingerprint density at radius 2 is 1.86 bits per heavy atom. The highest BCUT2D eigenvalue weighted by atomic mass is 16.6. The van der Waals surface area contributed by atoms with Crippen molar-refractivity contribution >= 4 is 34.3 Å². The van der Waals surface area contributed by atoms with E-state index in [1.54, 1.807) is 0 Å². The van der Waals surface area contributed by atoms with Crippen LogP contribution in [0.15, 0.2) is 61.2 Å². The standard InChI is InChI=1S/C25H26N6O5/c1-14-3-2-4-17(9-14)29-19(33)10-15-5-7-16(8-6-15)30-23-20-24(27-12-26-23)31(13-28-20)25-22(35)21(34)18(11-32)36-25/h2-9,12-13,18,21-22,25,32,34-35H,10-11H2,1H3,(H,29,33)(H,26,27,30). The molecule has 1 aliphatic heterocycles. The topological polar surface area (TPSA) is 155 Å². The summed E-state index contributed by atoms with van der Waals surface area (Å²) >= 11 is 0. The molecule has 11 heteroatoms. The third kappa shape index (κ3) is 4.77. The summed E-state index contributed by atoms with van der Waals surface area (Å²) < 4.78 is 7.09. The normalized spacial score (nSPS) is 21.6. The summed E-state index contributed by atoms with van der Waals surface area (Å²) in [4.78, 5) is 25.3. The van der Waals surface area contributed by atoms with E-state index in [0.717, 1.165) is 22.5 Å². The van der Waals surface area contributed by atoms with Crippen LogP contribution in [0.2, 0.25) is 0 Å². The van der Waals surface area contributed by atoms with E-state index in [4.69, 9.17) is 4.74 Å². The number of aliphatic hydroxyl groups is 3. The number of aliphatic hydroxyl groups excluding tert-OH is 3. The number of carbonyl (C=O) groups excluding carboxylic acids is 1. The van der Waals surface area contributed by atoms with E-state index in [0.29, 0.717) is 17.0 Å². The highest BCUT2D eigenvalue weighted by molar-refractivity contribution is 5.92. The number of imidazole rings is 1. The molecule has 4 aromatic rings. The number of aromatic nitrogens is 4. The summed E-state index contributed by atoms with van der Waals surface area (Å²) in [6, 6.07) is 15.0. The van der Waals surface area contributed by atoms with E-state index in [9.17, 15) is 20.1 Å². The number of nitrogens with one attached hydrogen (secondary N) is 2. The van der Waals surface area contributed by atoms with Crippen molar-refractivity contribution in [1.29, 1.82) is 0 Å². The number of ether oxygens (including phenoxy) is 1. The van der Waals surface area contributed by atoms with E-state index in [-0.39, 0.29) is 12.3 Å². The van der Waals surface area contributed by atoms with Crippen LogP contribution in [0, 0.1) is 6.92 Å². The van der Waals surface area contributed by atoms with Gasteiger partial charge in [-0.05, 0) is 42.3 Å². The molecule has 4 atom stereocenters. The fraction of sp³-hybridized carbons (Fsp3) is 0.280. The van der Waals surface area contributed by atoms with Crippen LogP contribution in [0.4, 0.5) is 17.2 Å². The Bertz CT molecular complexity index is 1380. The lowest BCUT2D eigenvalue weighted by molar-refractivity contribution is -0.115. The highest BCUT2D eigenvalue weighted by Gasteiger charge is 2.44. The molecule has 1 aliphatic rings. The fourth-order valence-corrected chi connectivity index (χ4v) is 4.20. The van der Waals surface area contributed by atoms with Gasteiger partial charge in [0.25, 0.3) is 0 Å². The number of amides is 1. The number of hydrogen-bond donors (Lipinski definition) is 5. The van der Waals surface area contributed by atoms with Gasteiger partial charge in [-0.2, -0.15) is 0 Å². The predicted molar refractivity (Wildman–Crippen MR) is 132 cm³/mol. The van der Waals surface area contributed by atoms with Crippen LogP contribution in [0.1, 0.15) is 17.4 Å². The van der Waals surface area contributed by atoms with Crippen molar-refractivity contribution in [2.24, 2.45) is 0 Å². The number of rotatable bonds is 7. The molecule has 4 unspecified atom stereocenters. The molecule has 1 fully saturated rings. The second-order valence-corrected chi connectivity index (χ2v) is 8.69. The van der Waals surface area contributed by atoms with Gasteiger partial charge in [0.2, 0.25) is 5.91 Å². The van der Waals surface area contributed by atoms with Gasteiger partial charge in [0.15, 0.2) is 23.2 Å². The summed E-state index contributed by atoms with van der Waals surface area (Å²) in [6.45, 7) is 1.55. The molecule has 3 heterocycles. The number of fused-ring (bicyclic) bond motifs is 1. The largest absolute Gasteiger partial charge is 0.394 e. The van der Waals surface area contributed by atoms with Crippen LogP contribution in [-0.4, -0.2) is 65.7 Å². The molecule has 1 saturated heterocycles. The smallest absolute Gasteiger partial charge is 0.228 e. The van der Waals surface area contributed by atoms with Crippen molar-refractivity contribution in [2.45, 2.75) is 37.9 Å². The van der Waals surface area contributed by atoms with Crippen LogP contribution in [0.5, 0.6) is 0 Å². The van der Waals surface area contributed by atoms with Gasteiger partial charge in [-0.25, -0.2) is 15.0 Å². The number of hydrogen-bond acceptors (Lipinski definition) is 9. The molecular weight excluding hydrogens is 464 g/mol. The molecule has 36 heavy (non-hydrogen) atoms. The molecule has 5 rings (SSSR count). The third-order valence-electron chi connectivity index (χ3n) is 6.03. The molecule has 5 N–H and O–H groups in total. The molecule has 186 valence electrons. The van der Waals surface area contributed by atoms with Gasteiger partial charge < -0.3 is 30.7 Å². The lowest BCUT2D eigenvalue weighted by Gasteiger charge is -2.16. The van der Waals surface area contributed by atoms with Crippen molar-refractivity contribution in [3.8, 4) is 0 Å². The molecule has 0 spiro atoms. The van der Waals surface area contributed by atoms with E-state index >= 15 is 0 Å². The van der Waals surface area contributed by atoms with E-state index < -0.39 is 31.1 Å². The van der Waals surface area contributed by atoms with Crippen LogP contribution in [-0.2, 0) is 16.0 Å². The van der Waals surface area contributed by atoms with Gasteiger partial charge in [0.1, 0.15) is 24.6 Å². The van der Waals surface area contributed by atoms with Gasteiger partial charge >= 0.3 is 0 Å². The second kappa shape index (κ2) is 9.99. The van der Waals surface area contributed by atoms with Gasteiger partial charge in [-0.1, -0.05) is 24.3 Å². The molecule has 0 bridgehead atoms. The Balaban J connectivity index is 1.28. The highest BCUT2D eigenvalue weighted by Crippen LogP contribution is 2.32. The predicted octanol–water partition coefficient (Wildman–Crippen LogP) is 1.67. The number of benzene rings is 2. The molecular formula is C25H26N6O5. The first kappa shape index (κ1) is 23.8. The number of nitrogens with zero attached hydrogens (tertiary/aromatic N) is 4. The first-order valence-corrected chi connectivity index (χ1v) is 11.5. The zero-order chi connectivity index (χ0) is 25.2. The monoisotopic (exact) mass is 490 g/mol. The molecule has 0 saturated carbocycles. The summed E-state index contributed by atoms with van der Waals surface area (Å²) in [5.41, 5.74) is 4.27. The molecule has 11 nitrogen and oxygen atoms in total. The van der Waals surface area contributed by atoms with E-state index in [2.05, 4.69) is 25.6 Å². The van der Waals surface area contributed by atoms with Gasteiger partial charge in [0, 0.05) is 11.4 Å². The zero-order valence-corrected chi connectivity index (χ0v) is 19.4. The number of carbonyl (C=O) groups is 1. The minimum absolute atomic E-state index is 0.103. The number of aryl methyl sites for hydroxylation is 1. The van der Waals surface area contributed by atoms with Crippen molar-refractivity contribution in [2.75, 3.05) is 17.2 Å². The Morgan fingerprint density at radius 3 is 2.58 bits per heavy atom. The maximum absolute atomic E-state index is 12.4. The maximum Gasteiger partial charge on any atom is 0.228 e. The molecule has 0 aliphatic carbocycles. The second-order valence-electron chi connectivity index (χ2n) is 8.69. The lowest BCUT2D eigenvalue weighted by Crippen LogP contribution is -2.33. The summed E-state index contributed by atoms with van der Waals surface area (Å²) in [5, 5.41) is 35.9. The van der Waals surface area contributed by atoms with Gasteiger partial charge in [-0.15, -0.1) is 0 Å².